The minimum atomic E-state index is -3.01. The fraction of sp³-hybridized carbons (Fsp3) is 0.846. The Kier molecular flexibility index (Phi) is 64.9. The maximum Gasteiger partial charge on any atom is 1.00 e. The van der Waals surface area contributed by atoms with E-state index in [1.807, 2.05) is 62.3 Å². The zero-order chi connectivity index (χ0) is 84.4. The molecule has 0 aliphatic heterocycles. The number of halogens is 2. The van der Waals surface area contributed by atoms with Gasteiger partial charge in [-0.1, -0.05) is 75.5 Å². The molecule has 652 valence electrons. The van der Waals surface area contributed by atoms with Gasteiger partial charge in [0.05, 0.1) is 80.5 Å². The Morgan fingerprint density at radius 2 is 0.927 bits per heavy atom. The predicted octanol–water partition coefficient (Wildman–Crippen LogP) is 4.36. The predicted molar refractivity (Wildman–Crippen MR) is 448 cm³/mol. The van der Waals surface area contributed by atoms with Gasteiger partial charge < -0.3 is 111 Å². The van der Waals surface area contributed by atoms with Gasteiger partial charge in [0.15, 0.2) is 16.6 Å². The van der Waals surface area contributed by atoms with Crippen molar-refractivity contribution >= 4 is 81.5 Å². The van der Waals surface area contributed by atoms with E-state index in [9.17, 15) is 43.2 Å². The van der Waals surface area contributed by atoms with Gasteiger partial charge in [-0.25, -0.2) is 4.79 Å². The highest BCUT2D eigenvalue weighted by molar-refractivity contribution is 6.84. The number of rotatable bonds is 57. The van der Waals surface area contributed by atoms with E-state index in [2.05, 4.69) is 146 Å². The molecular formula is C78H164Cl2N9O17Si4+. The van der Waals surface area contributed by atoms with E-state index >= 15 is 0 Å². The molecule has 0 spiro atoms. The van der Waals surface area contributed by atoms with Crippen molar-refractivity contribution in [2.24, 2.45) is 34.0 Å². The van der Waals surface area contributed by atoms with Gasteiger partial charge in [0, 0.05) is 121 Å². The summed E-state index contributed by atoms with van der Waals surface area (Å²) in [6.07, 6.45) is 11.1. The van der Waals surface area contributed by atoms with Crippen molar-refractivity contribution in [1.82, 2.24) is 36.4 Å². The van der Waals surface area contributed by atoms with Crippen molar-refractivity contribution in [3.63, 3.8) is 0 Å². The van der Waals surface area contributed by atoms with Crippen LogP contribution in [0.3, 0.4) is 0 Å². The van der Waals surface area contributed by atoms with Crippen molar-refractivity contribution in [2.75, 3.05) is 177 Å². The first-order valence-electron chi connectivity index (χ1n) is 39.5. The van der Waals surface area contributed by atoms with Gasteiger partial charge in [-0.3, -0.25) is 33.6 Å². The number of hydrogen-bond donors (Lipinski definition) is 6. The van der Waals surface area contributed by atoms with Crippen LogP contribution >= 0.6 is 0 Å². The highest BCUT2D eigenvalue weighted by Crippen LogP contribution is 2.33. The molecule has 5 amide bonds. The van der Waals surface area contributed by atoms with Crippen LogP contribution in [0.4, 0.5) is 0 Å². The molecule has 0 aromatic rings. The number of carbonyl (C=O) groups excluding carboxylic acids is 8. The fourth-order valence-electron chi connectivity index (χ4n) is 11.4. The fourth-order valence-corrected chi connectivity index (χ4v) is 22.8. The molecule has 0 aliphatic rings. The van der Waals surface area contributed by atoms with Crippen LogP contribution in [0, 0.1) is 34.0 Å². The standard InChI is InChI=1S/C39H81N5O6Si2.C22H46N2O5Si.C9H18O5Si.C8H16N2O.2ClH/c1-15-32(34(45)40-22-19-25-43(9)17-3)30-38(5,6)36(47)42-24-21-28-51(11,12)50-52(13,14)29-27-49-37(48)39(7,8)31-33(16-2)35(46)41-23-20-26-44(10)18-4;1-10-19(21(26)23-15-13-16-24(4,5)6)18-22(2,3)20(25)14-11-12-17-30(27-7,28-8)29-9;1-8(2)9(10)14-6-5-7-15(11,12-3)13-4;1-5-8(11)9-6-7-10(2,3)4;;/h32-33H,15-31H2,1-14H3,(H,40,45)(H,41,46)(H,42,47);19H,10-18H2,1-9H3;11H,1,5-7H2,2-4H3;5H,1,6-7H2,2-4H3;2*1H/p+1. The SMILES string of the molecule is C=C(C)C(=O)OCCC[Si](O)(OC)OC.C=CC(=O)NCC[N+](C)(C)C.CCC(CC(C)(C)C(=O)CCCC[Si](OC)(OC)OC)C(=O)NCCC[N+](C)(C)C.CCC(CC(C)(C)C(=O)NCCC[Si](C)(C)O[Si](C)(C)CCOC(=O)C(C)(C)CC(CC)C(=O)NCCCN(C)CC)C(=O)NCCCN(C)CC.[Cl-].[Cl-].[H+]. The van der Waals surface area contributed by atoms with Gasteiger partial charge in [0.1, 0.15) is 5.78 Å². The molecule has 0 heterocycles. The summed E-state index contributed by atoms with van der Waals surface area (Å²) in [7, 11) is 14.7. The lowest BCUT2D eigenvalue weighted by atomic mass is 9.76. The molecule has 26 nitrogen and oxygen atoms in total. The summed E-state index contributed by atoms with van der Waals surface area (Å²) in [6.45, 7) is 48.5. The number of unbranched alkanes of at least 4 members (excludes halogenated alkanes) is 1. The Hall–Kier alpha value is -3.55. The maximum absolute atomic E-state index is 13.2. The molecule has 3 atom stereocenters. The number of ether oxygens (including phenoxy) is 2. The van der Waals surface area contributed by atoms with Gasteiger partial charge in [0.2, 0.25) is 29.5 Å². The van der Waals surface area contributed by atoms with Crippen LogP contribution in [0.1, 0.15) is 174 Å². The van der Waals surface area contributed by atoms with Gasteiger partial charge in [-0.2, -0.15) is 0 Å². The average molecular weight is 1680 g/mol. The number of nitrogens with one attached hydrogen (secondary N) is 5. The second-order valence-electron chi connectivity index (χ2n) is 33.8. The molecule has 0 aromatic carbocycles. The zero-order valence-corrected chi connectivity index (χ0v) is 80.2. The number of quaternary nitrogens is 2. The second kappa shape index (κ2) is 60.9. The highest BCUT2D eigenvalue weighted by atomic mass is 35.5. The molecule has 3 unspecified atom stereocenters. The van der Waals surface area contributed by atoms with E-state index in [0.29, 0.717) is 108 Å². The molecule has 0 bridgehead atoms. The van der Waals surface area contributed by atoms with Crippen LogP contribution < -0.4 is 51.4 Å². The molecule has 0 radical (unpaired) electrons. The number of nitrogens with zero attached hydrogens (tertiary/aromatic N) is 4. The topological polar surface area (TPSA) is 297 Å². The number of esters is 2. The van der Waals surface area contributed by atoms with Crippen LogP contribution in [0.2, 0.25) is 50.4 Å². The first-order chi connectivity index (χ1) is 49.8. The van der Waals surface area contributed by atoms with E-state index in [-0.39, 0.29) is 91.9 Å². The summed E-state index contributed by atoms with van der Waals surface area (Å²) >= 11 is 0. The maximum atomic E-state index is 13.2. The average Bonchev–Trinajstić information content (AvgIpc) is 0.851. The monoisotopic (exact) mass is 1680 g/mol. The lowest BCUT2D eigenvalue weighted by molar-refractivity contribution is -0.870. The molecule has 0 saturated carbocycles. The minimum absolute atomic E-state index is 0. The van der Waals surface area contributed by atoms with E-state index in [1.165, 1.54) is 20.3 Å². The van der Waals surface area contributed by atoms with Gasteiger partial charge in [-0.05, 0) is 182 Å². The Morgan fingerprint density at radius 3 is 1.33 bits per heavy atom. The number of amides is 5. The van der Waals surface area contributed by atoms with Crippen LogP contribution in [-0.4, -0.2) is 282 Å². The summed E-state index contributed by atoms with van der Waals surface area (Å²) in [5, 5.41) is 15.0. The van der Waals surface area contributed by atoms with Gasteiger partial charge in [0.25, 0.3) is 0 Å². The Labute approximate surface area is 687 Å². The summed E-state index contributed by atoms with van der Waals surface area (Å²) < 4.78 is 45.1. The number of carbonyl (C=O) groups is 8. The lowest BCUT2D eigenvalue weighted by Gasteiger charge is -2.34. The summed E-state index contributed by atoms with van der Waals surface area (Å²) in [5.74, 6) is -1.08. The van der Waals surface area contributed by atoms with Crippen LogP contribution in [-0.2, 0) is 74.1 Å². The van der Waals surface area contributed by atoms with E-state index in [0.717, 1.165) is 99.2 Å². The van der Waals surface area contributed by atoms with E-state index in [1.54, 1.807) is 28.3 Å². The third-order valence-electron chi connectivity index (χ3n) is 19.1. The Bertz CT molecular complexity index is 2580. The Balaban J connectivity index is -0.000000305. The van der Waals surface area contributed by atoms with Crippen LogP contribution in [0.15, 0.2) is 24.8 Å². The van der Waals surface area contributed by atoms with Crippen LogP contribution in [0.5, 0.6) is 0 Å². The normalized spacial score (nSPS) is 13.0. The summed E-state index contributed by atoms with van der Waals surface area (Å²) in [4.78, 5) is 113. The third kappa shape index (κ3) is 58.3. The second-order valence-corrected chi connectivity index (χ2v) is 48.4. The van der Waals surface area contributed by atoms with Gasteiger partial charge in [-0.15, -0.1) is 0 Å². The highest BCUT2D eigenvalue weighted by Gasteiger charge is 2.40. The number of ketones is 1. The molecule has 32 heteroatoms. The van der Waals surface area contributed by atoms with Crippen molar-refractivity contribution in [3.05, 3.63) is 24.8 Å². The molecule has 6 N–H and O–H groups in total. The van der Waals surface area contributed by atoms with Crippen molar-refractivity contribution in [3.8, 4) is 0 Å². The van der Waals surface area contributed by atoms with Gasteiger partial charge >= 0.3 is 31.0 Å². The quantitative estimate of drug-likeness (QED) is 0.0162. The number of Topliss-reactive ketones (excluding diaryl/α,β-unsaturated/α-hetero) is 1. The number of hydrogen-bond acceptors (Lipinski definition) is 19. The molecule has 0 aliphatic carbocycles. The van der Waals surface area contributed by atoms with E-state index in [4.69, 9.17) is 35.7 Å². The molecular weight excluding hydrogens is 1520 g/mol. The van der Waals surface area contributed by atoms with E-state index < -0.39 is 56.5 Å². The molecule has 0 aromatic heterocycles. The molecule has 0 fully saturated rings. The third-order valence-corrected chi connectivity index (χ3v) is 31.6. The van der Waals surface area contributed by atoms with Crippen LogP contribution in [0.25, 0.3) is 0 Å². The van der Waals surface area contributed by atoms with Crippen molar-refractivity contribution < 1.29 is 114 Å². The molecule has 0 rings (SSSR count). The minimum Gasteiger partial charge on any atom is -1.00 e. The number of likely N-dealkylation sites (N-methyl/N-ethyl adjacent to an activating group) is 1. The first-order valence-corrected chi connectivity index (χ1v) is 49.7. The molecule has 0 saturated heterocycles. The Morgan fingerprint density at radius 1 is 0.509 bits per heavy atom. The first kappa shape index (κ1) is 117. The van der Waals surface area contributed by atoms with Crippen molar-refractivity contribution in [1.29, 1.82) is 0 Å². The van der Waals surface area contributed by atoms with Crippen molar-refractivity contribution in [2.45, 2.75) is 223 Å². The molecule has 110 heavy (non-hydrogen) atoms. The smallest absolute Gasteiger partial charge is 1.00 e. The summed E-state index contributed by atoms with van der Waals surface area (Å²) in [6, 6.07) is 2.66. The lowest BCUT2D eigenvalue weighted by Crippen LogP contribution is -3.00. The summed E-state index contributed by atoms with van der Waals surface area (Å²) in [5.41, 5.74) is -1.57. The zero-order valence-electron chi connectivity index (χ0n) is 75.7. The largest absolute Gasteiger partial charge is 1.00 e.